The van der Waals surface area contributed by atoms with E-state index in [0.717, 1.165) is 43.4 Å². The minimum Gasteiger partial charge on any atom is -0.369 e. The van der Waals surface area contributed by atoms with Crippen molar-refractivity contribution in [2.75, 3.05) is 31.1 Å². The van der Waals surface area contributed by atoms with Gasteiger partial charge in [0.25, 0.3) is 0 Å². The Morgan fingerprint density at radius 3 is 2.52 bits per heavy atom. The van der Waals surface area contributed by atoms with E-state index in [9.17, 15) is 0 Å². The molecule has 1 atom stereocenters. The molecule has 1 aromatic heterocycles. The van der Waals surface area contributed by atoms with Crippen LogP contribution in [0.25, 0.3) is 0 Å². The van der Waals surface area contributed by atoms with Gasteiger partial charge in [-0.3, -0.25) is 4.90 Å². The van der Waals surface area contributed by atoms with Crippen LogP contribution in [0.15, 0.2) is 48.5 Å². The van der Waals surface area contributed by atoms with Gasteiger partial charge in [0, 0.05) is 36.9 Å². The number of hydrogen-bond acceptors (Lipinski definition) is 5. The van der Waals surface area contributed by atoms with Crippen LogP contribution in [-0.2, 0) is 6.54 Å². The van der Waals surface area contributed by atoms with Crippen LogP contribution >= 0.6 is 11.6 Å². The summed E-state index contributed by atoms with van der Waals surface area (Å²) in [5, 5.41) is 13.4. The van der Waals surface area contributed by atoms with Crippen molar-refractivity contribution in [3.05, 3.63) is 70.5 Å². The molecule has 1 fully saturated rings. The third kappa shape index (κ3) is 4.43. The summed E-state index contributed by atoms with van der Waals surface area (Å²) in [4.78, 5) is 4.93. The van der Waals surface area contributed by atoms with Gasteiger partial charge in [-0.1, -0.05) is 54.9 Å². The molecular weight excluding hydrogens is 384 g/mol. The van der Waals surface area contributed by atoms with Gasteiger partial charge in [-0.15, -0.1) is 5.10 Å². The van der Waals surface area contributed by atoms with Crippen LogP contribution in [0.4, 0.5) is 5.69 Å². The van der Waals surface area contributed by atoms with Gasteiger partial charge in [-0.05, 0) is 47.0 Å². The van der Waals surface area contributed by atoms with Gasteiger partial charge in [0.05, 0.1) is 12.6 Å². The van der Waals surface area contributed by atoms with Crippen molar-refractivity contribution in [2.45, 2.75) is 32.9 Å². The second-order valence-corrected chi connectivity index (χ2v) is 7.99. The summed E-state index contributed by atoms with van der Waals surface area (Å²) in [6.07, 6.45) is 0.978. The molecule has 0 spiro atoms. The van der Waals surface area contributed by atoms with Gasteiger partial charge >= 0.3 is 0 Å². The van der Waals surface area contributed by atoms with Gasteiger partial charge in [-0.2, -0.15) is 0 Å². The largest absolute Gasteiger partial charge is 0.369 e. The maximum Gasteiger partial charge on any atom is 0.168 e. The average Bonchev–Trinajstić information content (AvgIpc) is 3.19. The molecule has 6 nitrogen and oxygen atoms in total. The van der Waals surface area contributed by atoms with E-state index < -0.39 is 0 Å². The number of halogens is 1. The number of aromatic nitrogens is 4. The molecule has 0 amide bonds. The molecule has 1 saturated heterocycles. The number of nitrogens with zero attached hydrogens (tertiary/aromatic N) is 6. The van der Waals surface area contributed by atoms with E-state index in [1.165, 1.54) is 16.8 Å². The molecule has 4 rings (SSSR count). The van der Waals surface area contributed by atoms with Crippen molar-refractivity contribution in [3.63, 3.8) is 0 Å². The first-order valence-electron chi connectivity index (χ1n) is 10.2. The lowest BCUT2D eigenvalue weighted by Gasteiger charge is -2.40. The molecule has 0 N–H and O–H groups in total. The first kappa shape index (κ1) is 19.9. The topological polar surface area (TPSA) is 50.1 Å². The Balaban J connectivity index is 1.46. The van der Waals surface area contributed by atoms with Crippen LogP contribution in [0.1, 0.15) is 36.3 Å². The predicted molar refractivity (Wildman–Crippen MR) is 116 cm³/mol. The SMILES string of the molecule is CCC(c1nnnn1Cc1ccccc1)N1CCN(c2cc(Cl)ccc2C)CC1. The summed E-state index contributed by atoms with van der Waals surface area (Å²) in [5.74, 6) is 0.948. The molecule has 7 heteroatoms. The molecular formula is C22H27ClN6. The van der Waals surface area contributed by atoms with Crippen molar-refractivity contribution < 1.29 is 0 Å². The Kier molecular flexibility index (Phi) is 6.11. The monoisotopic (exact) mass is 410 g/mol. The summed E-state index contributed by atoms with van der Waals surface area (Å²) >= 11 is 6.23. The molecule has 2 aromatic carbocycles. The average molecular weight is 411 g/mol. The molecule has 0 aliphatic carbocycles. The summed E-state index contributed by atoms with van der Waals surface area (Å²) in [7, 11) is 0. The number of tetrazole rings is 1. The van der Waals surface area contributed by atoms with Gasteiger partial charge in [0.1, 0.15) is 0 Å². The molecule has 152 valence electrons. The first-order valence-corrected chi connectivity index (χ1v) is 10.6. The normalized spacial score (nSPS) is 16.2. The van der Waals surface area contributed by atoms with Gasteiger partial charge in [0.15, 0.2) is 5.82 Å². The molecule has 0 bridgehead atoms. The molecule has 0 radical (unpaired) electrons. The predicted octanol–water partition coefficient (Wildman–Crippen LogP) is 3.96. The highest BCUT2D eigenvalue weighted by Gasteiger charge is 2.28. The molecule has 1 aliphatic rings. The Bertz CT molecular complexity index is 933. The smallest absolute Gasteiger partial charge is 0.168 e. The fraction of sp³-hybridized carbons (Fsp3) is 0.409. The van der Waals surface area contributed by atoms with E-state index in [-0.39, 0.29) is 6.04 Å². The maximum atomic E-state index is 6.23. The zero-order valence-electron chi connectivity index (χ0n) is 17.0. The van der Waals surface area contributed by atoms with E-state index in [2.05, 4.69) is 63.4 Å². The van der Waals surface area contributed by atoms with E-state index in [1.807, 2.05) is 28.9 Å². The highest BCUT2D eigenvalue weighted by atomic mass is 35.5. The Morgan fingerprint density at radius 1 is 1.03 bits per heavy atom. The Labute approximate surface area is 177 Å². The van der Waals surface area contributed by atoms with Crippen LogP contribution in [0, 0.1) is 6.92 Å². The standard InChI is InChI=1S/C22H27ClN6/c1-3-20(22-24-25-26-29(22)16-18-7-5-4-6-8-18)27-11-13-28(14-12-27)21-15-19(23)10-9-17(21)2/h4-10,15,20H,3,11-14,16H2,1-2H3. The third-order valence-corrected chi connectivity index (χ3v) is 5.92. The quantitative estimate of drug-likeness (QED) is 0.615. The second-order valence-electron chi connectivity index (χ2n) is 7.56. The molecule has 0 saturated carbocycles. The van der Waals surface area contributed by atoms with Crippen molar-refractivity contribution >= 4 is 17.3 Å². The number of piperazine rings is 1. The summed E-state index contributed by atoms with van der Waals surface area (Å²) < 4.78 is 1.94. The number of rotatable bonds is 6. The zero-order chi connectivity index (χ0) is 20.2. The molecule has 3 aromatic rings. The number of aryl methyl sites for hydroxylation is 1. The molecule has 2 heterocycles. The summed E-state index contributed by atoms with van der Waals surface area (Å²) in [5.41, 5.74) is 3.71. The van der Waals surface area contributed by atoms with Crippen LogP contribution in [0.5, 0.6) is 0 Å². The summed E-state index contributed by atoms with van der Waals surface area (Å²) in [6, 6.07) is 16.7. The highest BCUT2D eigenvalue weighted by molar-refractivity contribution is 6.30. The second kappa shape index (κ2) is 8.93. The van der Waals surface area contributed by atoms with Crippen molar-refractivity contribution in [2.24, 2.45) is 0 Å². The highest BCUT2D eigenvalue weighted by Crippen LogP contribution is 2.28. The van der Waals surface area contributed by atoms with Crippen LogP contribution in [-0.4, -0.2) is 51.3 Å². The molecule has 1 unspecified atom stereocenters. The molecule has 29 heavy (non-hydrogen) atoms. The van der Waals surface area contributed by atoms with Gasteiger partial charge < -0.3 is 4.90 Å². The number of benzene rings is 2. The Hall–Kier alpha value is -2.44. The van der Waals surface area contributed by atoms with Crippen LogP contribution < -0.4 is 4.90 Å². The zero-order valence-corrected chi connectivity index (χ0v) is 17.8. The van der Waals surface area contributed by atoms with E-state index in [4.69, 9.17) is 11.6 Å². The lowest BCUT2D eigenvalue weighted by Crippen LogP contribution is -2.48. The van der Waals surface area contributed by atoms with E-state index >= 15 is 0 Å². The van der Waals surface area contributed by atoms with Gasteiger partial charge in [0.2, 0.25) is 0 Å². The summed E-state index contributed by atoms with van der Waals surface area (Å²) in [6.45, 7) is 8.94. The van der Waals surface area contributed by atoms with Crippen molar-refractivity contribution in [1.29, 1.82) is 0 Å². The minimum absolute atomic E-state index is 0.219. The van der Waals surface area contributed by atoms with E-state index in [0.29, 0.717) is 6.54 Å². The minimum atomic E-state index is 0.219. The number of hydrogen-bond donors (Lipinski definition) is 0. The van der Waals surface area contributed by atoms with Crippen LogP contribution in [0.3, 0.4) is 0 Å². The fourth-order valence-corrected chi connectivity index (χ4v) is 4.29. The Morgan fingerprint density at radius 2 is 1.79 bits per heavy atom. The van der Waals surface area contributed by atoms with Gasteiger partial charge in [-0.25, -0.2) is 4.68 Å². The van der Waals surface area contributed by atoms with Crippen molar-refractivity contribution in [1.82, 2.24) is 25.1 Å². The van der Waals surface area contributed by atoms with Crippen LogP contribution in [0.2, 0.25) is 5.02 Å². The lowest BCUT2D eigenvalue weighted by atomic mass is 10.1. The lowest BCUT2D eigenvalue weighted by molar-refractivity contribution is 0.169. The van der Waals surface area contributed by atoms with Crippen molar-refractivity contribution in [3.8, 4) is 0 Å². The molecule has 1 aliphatic heterocycles. The maximum absolute atomic E-state index is 6.23. The number of anilines is 1. The first-order chi connectivity index (χ1) is 14.2. The van der Waals surface area contributed by atoms with E-state index in [1.54, 1.807) is 0 Å². The third-order valence-electron chi connectivity index (χ3n) is 5.69. The fourth-order valence-electron chi connectivity index (χ4n) is 4.12.